The summed E-state index contributed by atoms with van der Waals surface area (Å²) in [6, 6.07) is 6.73. The van der Waals surface area contributed by atoms with Crippen molar-refractivity contribution in [3.05, 3.63) is 45.8 Å². The van der Waals surface area contributed by atoms with E-state index in [0.29, 0.717) is 0 Å². The van der Waals surface area contributed by atoms with E-state index in [-0.39, 0.29) is 0 Å². The molecule has 116 valence electrons. The molecule has 0 saturated heterocycles. The molecular weight excluding hydrogens is 288 g/mol. The molecule has 0 unspecified atom stereocenters. The van der Waals surface area contributed by atoms with E-state index in [1.54, 1.807) is 0 Å². The predicted molar refractivity (Wildman–Crippen MR) is 97.8 cm³/mol. The minimum atomic E-state index is 0.772. The van der Waals surface area contributed by atoms with Gasteiger partial charge >= 0.3 is 0 Å². The van der Waals surface area contributed by atoms with Gasteiger partial charge in [0.25, 0.3) is 0 Å². The van der Waals surface area contributed by atoms with Crippen molar-refractivity contribution in [2.24, 2.45) is 5.73 Å². The second-order valence-electron chi connectivity index (χ2n) is 6.16. The van der Waals surface area contributed by atoms with Gasteiger partial charge in [-0.15, -0.1) is 11.3 Å². The summed E-state index contributed by atoms with van der Waals surface area (Å²) in [5.41, 5.74) is 13.8. The monoisotopic (exact) mass is 312 g/mol. The first-order valence-electron chi connectivity index (χ1n) is 7.98. The van der Waals surface area contributed by atoms with Crippen molar-refractivity contribution in [3.63, 3.8) is 0 Å². The van der Waals surface area contributed by atoms with Crippen LogP contribution in [-0.2, 0) is 6.42 Å². The average molecular weight is 312 g/mol. The molecule has 0 saturated carbocycles. The van der Waals surface area contributed by atoms with Crippen molar-refractivity contribution in [1.82, 2.24) is 4.98 Å². The zero-order chi connectivity index (χ0) is 15.7. The fraction of sp³-hybridized carbons (Fsp3) is 0.368. The Morgan fingerprint density at radius 2 is 1.86 bits per heavy atom. The molecule has 0 fully saturated rings. The van der Waals surface area contributed by atoms with E-state index in [2.05, 4.69) is 49.3 Å². The molecule has 3 N–H and O–H groups in total. The topological polar surface area (TPSA) is 41.8 Å². The highest BCUT2D eigenvalue weighted by Crippen LogP contribution is 2.37. The van der Waals surface area contributed by atoms with Crippen LogP contribution >= 0.6 is 11.3 Å². The van der Waals surface area contributed by atoms with Gasteiger partial charge < -0.3 is 10.7 Å². The molecule has 0 bridgehead atoms. The summed E-state index contributed by atoms with van der Waals surface area (Å²) in [5.74, 6) is 0. The molecule has 0 aliphatic carbocycles. The normalized spacial score (nSPS) is 11.5. The lowest BCUT2D eigenvalue weighted by Crippen LogP contribution is -1.99. The molecule has 3 heteroatoms. The highest BCUT2D eigenvalue weighted by Gasteiger charge is 2.16. The molecule has 0 radical (unpaired) electrons. The Balaban J connectivity index is 2.19. The van der Waals surface area contributed by atoms with Crippen LogP contribution in [0.15, 0.2) is 23.6 Å². The molecule has 0 atom stereocenters. The van der Waals surface area contributed by atoms with Crippen LogP contribution in [-0.4, -0.2) is 11.5 Å². The van der Waals surface area contributed by atoms with Gasteiger partial charge in [-0.1, -0.05) is 12.1 Å². The second kappa shape index (κ2) is 6.27. The minimum absolute atomic E-state index is 0.772. The zero-order valence-corrected chi connectivity index (χ0v) is 14.4. The van der Waals surface area contributed by atoms with Crippen LogP contribution in [0.2, 0.25) is 0 Å². The molecule has 22 heavy (non-hydrogen) atoms. The molecule has 0 aliphatic heterocycles. The van der Waals surface area contributed by atoms with Crippen molar-refractivity contribution >= 4 is 22.2 Å². The number of unbranched alkanes of at least 4 members (excludes halogenated alkanes) is 1. The van der Waals surface area contributed by atoms with E-state index < -0.39 is 0 Å². The van der Waals surface area contributed by atoms with Crippen LogP contribution in [0, 0.1) is 20.8 Å². The van der Waals surface area contributed by atoms with Crippen LogP contribution in [0.3, 0.4) is 0 Å². The minimum Gasteiger partial charge on any atom is -0.353 e. The summed E-state index contributed by atoms with van der Waals surface area (Å²) >= 11 is 1.83. The average Bonchev–Trinajstić information content (AvgIpc) is 3.08. The van der Waals surface area contributed by atoms with Crippen molar-refractivity contribution in [2.45, 2.75) is 40.0 Å². The highest BCUT2D eigenvalue weighted by atomic mass is 32.1. The number of benzene rings is 1. The predicted octanol–water partition coefficient (Wildman–Crippen LogP) is 5.10. The van der Waals surface area contributed by atoms with Gasteiger partial charge in [0.2, 0.25) is 0 Å². The molecule has 0 amide bonds. The van der Waals surface area contributed by atoms with Gasteiger partial charge in [-0.2, -0.15) is 0 Å². The Labute approximate surface area is 136 Å². The van der Waals surface area contributed by atoms with E-state index in [9.17, 15) is 0 Å². The van der Waals surface area contributed by atoms with Gasteiger partial charge in [-0.05, 0) is 80.3 Å². The second-order valence-corrected chi connectivity index (χ2v) is 7.07. The molecule has 3 aromatic rings. The van der Waals surface area contributed by atoms with Crippen LogP contribution in [0.4, 0.5) is 0 Å². The van der Waals surface area contributed by atoms with E-state index >= 15 is 0 Å². The number of aromatic amines is 1. The van der Waals surface area contributed by atoms with Crippen LogP contribution < -0.4 is 5.73 Å². The van der Waals surface area contributed by atoms with E-state index in [1.165, 1.54) is 43.7 Å². The Kier molecular flexibility index (Phi) is 4.37. The fourth-order valence-electron chi connectivity index (χ4n) is 3.16. The van der Waals surface area contributed by atoms with Crippen LogP contribution in [0.1, 0.15) is 35.1 Å². The summed E-state index contributed by atoms with van der Waals surface area (Å²) in [4.78, 5) is 5.05. The molecule has 1 aromatic carbocycles. The number of nitrogens with one attached hydrogen (secondary N) is 1. The SMILES string of the molecule is Cc1csc(-c2[nH]c3c(C)ccc(C)c3c2CCCCN)c1. The first kappa shape index (κ1) is 15.3. The number of nitrogens with two attached hydrogens (primary N) is 1. The summed E-state index contributed by atoms with van der Waals surface area (Å²) in [7, 11) is 0. The molecule has 3 rings (SSSR count). The fourth-order valence-corrected chi connectivity index (χ4v) is 4.08. The maximum absolute atomic E-state index is 5.68. The number of rotatable bonds is 5. The summed E-state index contributed by atoms with van der Waals surface area (Å²) in [6.07, 6.45) is 3.32. The number of H-pyrrole nitrogens is 1. The number of hydrogen-bond acceptors (Lipinski definition) is 2. The molecular formula is C19H24N2S. The number of aromatic nitrogens is 1. The summed E-state index contributed by atoms with van der Waals surface area (Å²) < 4.78 is 0. The van der Waals surface area contributed by atoms with Gasteiger partial charge in [0.05, 0.1) is 10.6 Å². The van der Waals surface area contributed by atoms with Crippen molar-refractivity contribution in [1.29, 1.82) is 0 Å². The lowest BCUT2D eigenvalue weighted by Gasteiger charge is -2.05. The molecule has 2 nitrogen and oxygen atoms in total. The van der Waals surface area contributed by atoms with Gasteiger partial charge in [0, 0.05) is 10.9 Å². The van der Waals surface area contributed by atoms with E-state index in [0.717, 1.165) is 25.8 Å². The number of thiophene rings is 1. The molecule has 2 heterocycles. The zero-order valence-electron chi connectivity index (χ0n) is 13.6. The van der Waals surface area contributed by atoms with E-state index in [4.69, 9.17) is 5.73 Å². The summed E-state index contributed by atoms with van der Waals surface area (Å²) in [5, 5.41) is 3.64. The number of fused-ring (bicyclic) bond motifs is 1. The summed E-state index contributed by atoms with van der Waals surface area (Å²) in [6.45, 7) is 7.33. The van der Waals surface area contributed by atoms with Crippen molar-refractivity contribution in [2.75, 3.05) is 6.54 Å². The first-order valence-corrected chi connectivity index (χ1v) is 8.86. The Morgan fingerprint density at radius 1 is 1.09 bits per heavy atom. The number of aryl methyl sites for hydroxylation is 4. The molecule has 0 spiro atoms. The van der Waals surface area contributed by atoms with Crippen molar-refractivity contribution < 1.29 is 0 Å². The van der Waals surface area contributed by atoms with Gasteiger partial charge in [0.1, 0.15) is 0 Å². The Bertz CT molecular complexity index is 795. The molecule has 0 aliphatic rings. The van der Waals surface area contributed by atoms with Crippen molar-refractivity contribution in [3.8, 4) is 10.6 Å². The Morgan fingerprint density at radius 3 is 2.55 bits per heavy atom. The van der Waals surface area contributed by atoms with Gasteiger partial charge in [-0.25, -0.2) is 0 Å². The third-order valence-corrected chi connectivity index (χ3v) is 5.40. The van der Waals surface area contributed by atoms with E-state index in [1.807, 2.05) is 11.3 Å². The maximum atomic E-state index is 5.68. The van der Waals surface area contributed by atoms with Crippen LogP contribution in [0.5, 0.6) is 0 Å². The first-order chi connectivity index (χ1) is 10.6. The third kappa shape index (κ3) is 2.71. The smallest absolute Gasteiger partial charge is 0.0599 e. The Hall–Kier alpha value is -1.58. The largest absolute Gasteiger partial charge is 0.353 e. The quantitative estimate of drug-likeness (QED) is 0.632. The lowest BCUT2D eigenvalue weighted by atomic mass is 9.98. The lowest BCUT2D eigenvalue weighted by molar-refractivity contribution is 0.748. The standard InChI is InChI=1S/C19H24N2S/c1-12-10-16(22-11-12)19-15(6-4-5-9-20)17-13(2)7-8-14(3)18(17)21-19/h7-8,10-11,21H,4-6,9,20H2,1-3H3. The molecule has 2 aromatic heterocycles. The van der Waals surface area contributed by atoms with Gasteiger partial charge in [0.15, 0.2) is 0 Å². The third-order valence-electron chi connectivity index (χ3n) is 4.33. The highest BCUT2D eigenvalue weighted by molar-refractivity contribution is 7.13. The van der Waals surface area contributed by atoms with Crippen LogP contribution in [0.25, 0.3) is 21.5 Å². The number of hydrogen-bond donors (Lipinski definition) is 2. The maximum Gasteiger partial charge on any atom is 0.0599 e. The van der Waals surface area contributed by atoms with Gasteiger partial charge in [-0.3, -0.25) is 0 Å².